The van der Waals surface area contributed by atoms with E-state index in [1.807, 2.05) is 19.1 Å². The van der Waals surface area contributed by atoms with Gasteiger partial charge in [-0.2, -0.15) is 0 Å². The van der Waals surface area contributed by atoms with E-state index in [0.717, 1.165) is 41.4 Å². The number of pyridine rings is 1. The van der Waals surface area contributed by atoms with Crippen molar-refractivity contribution in [3.63, 3.8) is 0 Å². The van der Waals surface area contributed by atoms with Gasteiger partial charge in [-0.25, -0.2) is 24.3 Å². The fourth-order valence-electron chi connectivity index (χ4n) is 4.15. The van der Waals surface area contributed by atoms with Gasteiger partial charge in [0, 0.05) is 19.1 Å². The standard InChI is InChI=1S/C23H26FN7OS/c1-13(2)31-14(3)27-18-9-19(33-22(18)31)21-17(24)11-26-23(29-21)28-20-6-5-15(10-25-20)32-16-7-8-30(4)12-16/h5-6,9-11,13,16H,7-8,12H2,1-4H3,(H,25,26,28,29). The summed E-state index contributed by atoms with van der Waals surface area (Å²) in [7, 11) is 2.09. The third-order valence-corrected chi connectivity index (χ3v) is 6.79. The number of imidazole rings is 1. The van der Waals surface area contributed by atoms with Crippen molar-refractivity contribution in [1.82, 2.24) is 29.4 Å². The van der Waals surface area contributed by atoms with Crippen molar-refractivity contribution in [2.75, 3.05) is 25.5 Å². The lowest BCUT2D eigenvalue weighted by Crippen LogP contribution is -2.21. The van der Waals surface area contributed by atoms with Gasteiger partial charge < -0.3 is 19.5 Å². The Balaban J connectivity index is 1.35. The van der Waals surface area contributed by atoms with Crippen LogP contribution < -0.4 is 10.1 Å². The molecule has 1 fully saturated rings. The number of nitrogens with zero attached hydrogens (tertiary/aromatic N) is 6. The van der Waals surface area contributed by atoms with Gasteiger partial charge >= 0.3 is 0 Å². The first-order valence-electron chi connectivity index (χ1n) is 11.0. The van der Waals surface area contributed by atoms with Crippen LogP contribution in [0.1, 0.15) is 32.1 Å². The first-order chi connectivity index (χ1) is 15.9. The molecule has 1 aliphatic heterocycles. The van der Waals surface area contributed by atoms with Crippen molar-refractivity contribution in [3.8, 4) is 16.3 Å². The third kappa shape index (κ3) is 4.40. The minimum Gasteiger partial charge on any atom is -0.487 e. The predicted molar refractivity (Wildman–Crippen MR) is 128 cm³/mol. The Morgan fingerprint density at radius 3 is 2.76 bits per heavy atom. The zero-order chi connectivity index (χ0) is 23.1. The summed E-state index contributed by atoms with van der Waals surface area (Å²) >= 11 is 1.48. The summed E-state index contributed by atoms with van der Waals surface area (Å²) in [6.45, 7) is 8.15. The van der Waals surface area contributed by atoms with Crippen LogP contribution in [0.3, 0.4) is 0 Å². The highest BCUT2D eigenvalue weighted by Gasteiger charge is 2.21. The number of anilines is 2. The van der Waals surface area contributed by atoms with E-state index in [-0.39, 0.29) is 23.8 Å². The molecule has 0 amide bonds. The third-order valence-electron chi connectivity index (χ3n) is 5.66. The Morgan fingerprint density at radius 1 is 1.21 bits per heavy atom. The number of ether oxygens (including phenoxy) is 1. The average molecular weight is 468 g/mol. The summed E-state index contributed by atoms with van der Waals surface area (Å²) in [5.74, 6) is 2.03. The van der Waals surface area contributed by atoms with E-state index in [2.05, 4.69) is 55.6 Å². The number of hydrogen-bond acceptors (Lipinski definition) is 8. The molecule has 33 heavy (non-hydrogen) atoms. The van der Waals surface area contributed by atoms with Crippen LogP contribution in [-0.2, 0) is 0 Å². The van der Waals surface area contributed by atoms with Gasteiger partial charge in [0.25, 0.3) is 0 Å². The molecule has 10 heteroatoms. The minimum atomic E-state index is -0.476. The van der Waals surface area contributed by atoms with Crippen LogP contribution in [0.15, 0.2) is 30.6 Å². The van der Waals surface area contributed by atoms with Crippen LogP contribution in [0.5, 0.6) is 5.75 Å². The van der Waals surface area contributed by atoms with E-state index in [1.54, 1.807) is 12.3 Å². The number of hydrogen-bond donors (Lipinski definition) is 1. The highest BCUT2D eigenvalue weighted by atomic mass is 32.1. The molecular formula is C23H26FN7OS. The molecule has 1 aliphatic rings. The molecule has 1 atom stereocenters. The largest absolute Gasteiger partial charge is 0.487 e. The molecule has 0 saturated carbocycles. The smallest absolute Gasteiger partial charge is 0.229 e. The van der Waals surface area contributed by atoms with Crippen LogP contribution in [0, 0.1) is 12.7 Å². The lowest BCUT2D eigenvalue weighted by atomic mass is 10.3. The summed E-state index contributed by atoms with van der Waals surface area (Å²) < 4.78 is 22.8. The summed E-state index contributed by atoms with van der Waals surface area (Å²) in [6, 6.07) is 5.81. The molecule has 8 nitrogen and oxygen atoms in total. The lowest BCUT2D eigenvalue weighted by Gasteiger charge is -2.13. The summed E-state index contributed by atoms with van der Waals surface area (Å²) in [5, 5.41) is 3.06. The van der Waals surface area contributed by atoms with Crippen LogP contribution in [0.2, 0.25) is 0 Å². The van der Waals surface area contributed by atoms with Gasteiger partial charge in [0.2, 0.25) is 5.95 Å². The number of rotatable bonds is 6. The second kappa shape index (κ2) is 8.68. The van der Waals surface area contributed by atoms with E-state index in [9.17, 15) is 4.39 Å². The molecule has 0 aliphatic carbocycles. The van der Waals surface area contributed by atoms with Gasteiger partial charge in [0.1, 0.15) is 39.5 Å². The normalized spacial score (nSPS) is 16.7. The van der Waals surface area contributed by atoms with E-state index in [4.69, 9.17) is 4.74 Å². The van der Waals surface area contributed by atoms with Gasteiger partial charge in [-0.15, -0.1) is 11.3 Å². The molecule has 0 aromatic carbocycles. The Hall–Kier alpha value is -3.11. The van der Waals surface area contributed by atoms with Gasteiger partial charge in [-0.05, 0) is 52.4 Å². The SMILES string of the molecule is Cc1nc2cc(-c3nc(Nc4ccc(OC5CCN(C)C5)cn4)ncc3F)sc2n1C(C)C. The molecule has 4 aromatic rings. The van der Waals surface area contributed by atoms with Crippen molar-refractivity contribution in [2.45, 2.75) is 39.3 Å². The Kier molecular flexibility index (Phi) is 5.71. The van der Waals surface area contributed by atoms with Crippen molar-refractivity contribution < 1.29 is 9.13 Å². The van der Waals surface area contributed by atoms with Gasteiger partial charge in [0.05, 0.1) is 17.3 Å². The molecule has 1 saturated heterocycles. The van der Waals surface area contributed by atoms with E-state index < -0.39 is 5.82 Å². The first kappa shape index (κ1) is 21.7. The highest BCUT2D eigenvalue weighted by Crippen LogP contribution is 2.36. The van der Waals surface area contributed by atoms with Gasteiger partial charge in [-0.3, -0.25) is 0 Å². The lowest BCUT2D eigenvalue weighted by molar-refractivity contribution is 0.207. The zero-order valence-electron chi connectivity index (χ0n) is 19.0. The number of aryl methyl sites for hydroxylation is 1. The number of nitrogens with one attached hydrogen (secondary N) is 1. The number of aromatic nitrogens is 5. The summed E-state index contributed by atoms with van der Waals surface area (Å²) in [6.07, 6.45) is 4.05. The fourth-order valence-corrected chi connectivity index (χ4v) is 5.42. The average Bonchev–Trinajstić information content (AvgIpc) is 3.44. The van der Waals surface area contributed by atoms with Gasteiger partial charge in [-0.1, -0.05) is 0 Å². The quantitative estimate of drug-likeness (QED) is 0.436. The number of halogens is 1. The number of likely N-dealkylation sites (N-methyl/N-ethyl adjacent to an activating group) is 1. The van der Waals surface area contributed by atoms with Crippen molar-refractivity contribution >= 4 is 33.5 Å². The molecule has 5 rings (SSSR count). The number of fused-ring (bicyclic) bond motifs is 1. The second-order valence-electron chi connectivity index (χ2n) is 8.61. The molecule has 1 N–H and O–H groups in total. The molecule has 1 unspecified atom stereocenters. The predicted octanol–water partition coefficient (Wildman–Crippen LogP) is 4.80. The molecule has 172 valence electrons. The molecule has 0 radical (unpaired) electrons. The highest BCUT2D eigenvalue weighted by molar-refractivity contribution is 7.21. The second-order valence-corrected chi connectivity index (χ2v) is 9.64. The van der Waals surface area contributed by atoms with Gasteiger partial charge in [0.15, 0.2) is 5.82 Å². The Labute approximate surface area is 195 Å². The maximum atomic E-state index is 14.6. The van der Waals surface area contributed by atoms with E-state index in [1.165, 1.54) is 17.5 Å². The topological polar surface area (TPSA) is 81.0 Å². The van der Waals surface area contributed by atoms with E-state index in [0.29, 0.717) is 10.7 Å². The van der Waals surface area contributed by atoms with Crippen molar-refractivity contribution in [3.05, 3.63) is 42.2 Å². The molecule has 0 bridgehead atoms. The van der Waals surface area contributed by atoms with E-state index >= 15 is 0 Å². The maximum absolute atomic E-state index is 14.6. The summed E-state index contributed by atoms with van der Waals surface area (Å²) in [5.41, 5.74) is 1.09. The Bertz CT molecular complexity index is 1280. The summed E-state index contributed by atoms with van der Waals surface area (Å²) in [4.78, 5) is 21.5. The Morgan fingerprint density at radius 2 is 2.06 bits per heavy atom. The fraction of sp³-hybridized carbons (Fsp3) is 0.391. The maximum Gasteiger partial charge on any atom is 0.229 e. The van der Waals surface area contributed by atoms with Crippen LogP contribution in [-0.4, -0.2) is 55.6 Å². The molecule has 4 aromatic heterocycles. The van der Waals surface area contributed by atoms with Crippen LogP contribution in [0.25, 0.3) is 20.9 Å². The molecule has 0 spiro atoms. The number of thiophene rings is 1. The monoisotopic (exact) mass is 467 g/mol. The molecule has 5 heterocycles. The first-order valence-corrected chi connectivity index (χ1v) is 11.8. The van der Waals surface area contributed by atoms with Crippen LogP contribution in [0.4, 0.5) is 16.2 Å². The zero-order valence-corrected chi connectivity index (χ0v) is 19.9. The van der Waals surface area contributed by atoms with Crippen LogP contribution >= 0.6 is 11.3 Å². The van der Waals surface area contributed by atoms with Crippen molar-refractivity contribution in [1.29, 1.82) is 0 Å². The minimum absolute atomic E-state index is 0.186. The molecular weight excluding hydrogens is 441 g/mol. The number of likely N-dealkylation sites (tertiary alicyclic amines) is 1. The van der Waals surface area contributed by atoms with Crippen molar-refractivity contribution in [2.24, 2.45) is 0 Å².